The zero-order chi connectivity index (χ0) is 19.2. The number of aromatic nitrogens is 2. The fourth-order valence-electron chi connectivity index (χ4n) is 2.18. The van der Waals surface area contributed by atoms with Crippen molar-refractivity contribution < 1.29 is 27.5 Å². The number of nitrogens with zero attached hydrogens (tertiary/aromatic N) is 2. The standard InChI is InChI=1S/C16H19N3O6S/c1-3-25-16(21)13-9-17-18-15(13)26(22,23)19(11-14(20)24-2)10-12-7-5-4-6-8-12/h4-9H,3,10-11H2,1-2H3,(H,17,18). The Balaban J connectivity index is 2.41. The van der Waals surface area contributed by atoms with E-state index in [1.807, 2.05) is 0 Å². The summed E-state index contributed by atoms with van der Waals surface area (Å²) in [6.07, 6.45) is 1.07. The molecule has 1 aromatic carbocycles. The van der Waals surface area contributed by atoms with Crippen molar-refractivity contribution in [3.05, 3.63) is 47.7 Å². The molecule has 0 radical (unpaired) electrons. The van der Waals surface area contributed by atoms with E-state index < -0.39 is 33.5 Å². The summed E-state index contributed by atoms with van der Waals surface area (Å²) in [5.74, 6) is -1.56. The summed E-state index contributed by atoms with van der Waals surface area (Å²) < 4.78 is 36.4. The van der Waals surface area contributed by atoms with E-state index in [1.54, 1.807) is 37.3 Å². The number of rotatable bonds is 8. The number of sulfonamides is 1. The first-order chi connectivity index (χ1) is 12.4. The van der Waals surface area contributed by atoms with Gasteiger partial charge in [-0.05, 0) is 12.5 Å². The molecule has 1 N–H and O–H groups in total. The number of hydrogen-bond acceptors (Lipinski definition) is 7. The summed E-state index contributed by atoms with van der Waals surface area (Å²) in [7, 11) is -3.08. The lowest BCUT2D eigenvalue weighted by molar-refractivity contribution is -0.140. The van der Waals surface area contributed by atoms with Crippen molar-refractivity contribution in [3.8, 4) is 0 Å². The number of benzene rings is 1. The molecular weight excluding hydrogens is 362 g/mol. The van der Waals surface area contributed by atoms with Crippen LogP contribution >= 0.6 is 0 Å². The number of esters is 2. The van der Waals surface area contributed by atoms with Crippen LogP contribution in [0.3, 0.4) is 0 Å². The summed E-state index contributed by atoms with van der Waals surface area (Å²) >= 11 is 0. The molecule has 1 aromatic heterocycles. The van der Waals surface area contributed by atoms with Crippen LogP contribution in [-0.2, 0) is 30.8 Å². The molecular formula is C16H19N3O6S. The lowest BCUT2D eigenvalue weighted by Crippen LogP contribution is -2.36. The van der Waals surface area contributed by atoms with E-state index in [-0.39, 0.29) is 18.7 Å². The van der Waals surface area contributed by atoms with Crippen molar-refractivity contribution in [1.82, 2.24) is 14.5 Å². The van der Waals surface area contributed by atoms with Gasteiger partial charge in [-0.25, -0.2) is 13.2 Å². The summed E-state index contributed by atoms with van der Waals surface area (Å²) in [5.41, 5.74) is 0.437. The van der Waals surface area contributed by atoms with Gasteiger partial charge in [-0.15, -0.1) is 0 Å². The van der Waals surface area contributed by atoms with Crippen LogP contribution < -0.4 is 0 Å². The van der Waals surface area contributed by atoms with Crippen LogP contribution in [0.25, 0.3) is 0 Å². The molecule has 0 fully saturated rings. The maximum Gasteiger partial charge on any atom is 0.342 e. The minimum Gasteiger partial charge on any atom is -0.468 e. The molecule has 0 amide bonds. The maximum absolute atomic E-state index is 13.0. The number of carbonyl (C=O) groups excluding carboxylic acids is 2. The van der Waals surface area contributed by atoms with Gasteiger partial charge >= 0.3 is 11.9 Å². The Kier molecular flexibility index (Phi) is 6.47. The molecule has 0 bridgehead atoms. The topological polar surface area (TPSA) is 119 Å². The first-order valence-corrected chi connectivity index (χ1v) is 9.15. The summed E-state index contributed by atoms with van der Waals surface area (Å²) in [5, 5.41) is 5.51. The third-order valence-corrected chi connectivity index (χ3v) is 5.20. The van der Waals surface area contributed by atoms with Gasteiger partial charge in [-0.3, -0.25) is 9.89 Å². The highest BCUT2D eigenvalue weighted by Gasteiger charge is 2.33. The Morgan fingerprint density at radius 1 is 1.23 bits per heavy atom. The zero-order valence-electron chi connectivity index (χ0n) is 14.3. The van der Waals surface area contributed by atoms with E-state index in [0.29, 0.717) is 5.56 Å². The van der Waals surface area contributed by atoms with E-state index in [4.69, 9.17) is 4.74 Å². The van der Waals surface area contributed by atoms with Gasteiger partial charge in [0, 0.05) is 6.54 Å². The quantitative estimate of drug-likeness (QED) is 0.676. The first kappa shape index (κ1) is 19.6. The molecule has 0 aliphatic carbocycles. The maximum atomic E-state index is 13.0. The number of carbonyl (C=O) groups is 2. The fourth-order valence-corrected chi connectivity index (χ4v) is 3.61. The Labute approximate surface area is 151 Å². The van der Waals surface area contributed by atoms with Gasteiger partial charge in [0.15, 0.2) is 5.03 Å². The van der Waals surface area contributed by atoms with Crippen molar-refractivity contribution in [3.63, 3.8) is 0 Å². The lowest BCUT2D eigenvalue weighted by atomic mass is 10.2. The van der Waals surface area contributed by atoms with Crippen molar-refractivity contribution in [1.29, 1.82) is 0 Å². The highest BCUT2D eigenvalue weighted by Crippen LogP contribution is 2.20. The van der Waals surface area contributed by atoms with Crippen molar-refractivity contribution in [2.75, 3.05) is 20.3 Å². The molecule has 140 valence electrons. The predicted octanol–water partition coefficient (Wildman–Crippen LogP) is 0.950. The molecule has 9 nitrogen and oxygen atoms in total. The van der Waals surface area contributed by atoms with Crippen LogP contribution in [0.1, 0.15) is 22.8 Å². The Morgan fingerprint density at radius 2 is 1.92 bits per heavy atom. The first-order valence-electron chi connectivity index (χ1n) is 7.71. The monoisotopic (exact) mass is 381 g/mol. The molecule has 0 aliphatic rings. The Hall–Kier alpha value is -2.72. The highest BCUT2D eigenvalue weighted by molar-refractivity contribution is 7.89. The third kappa shape index (κ3) is 4.46. The number of ether oxygens (including phenoxy) is 2. The molecule has 2 rings (SSSR count). The number of hydrogen-bond donors (Lipinski definition) is 1. The molecule has 2 aromatic rings. The predicted molar refractivity (Wildman–Crippen MR) is 90.6 cm³/mol. The number of H-pyrrole nitrogens is 1. The second-order valence-corrected chi connectivity index (χ2v) is 7.04. The van der Waals surface area contributed by atoms with E-state index in [0.717, 1.165) is 17.6 Å². The average Bonchev–Trinajstić information content (AvgIpc) is 3.13. The largest absolute Gasteiger partial charge is 0.468 e. The van der Waals surface area contributed by atoms with Crippen molar-refractivity contribution in [2.45, 2.75) is 18.5 Å². The molecule has 0 unspecified atom stereocenters. The van der Waals surface area contributed by atoms with Gasteiger partial charge in [-0.1, -0.05) is 30.3 Å². The molecule has 1 heterocycles. The highest BCUT2D eigenvalue weighted by atomic mass is 32.2. The van der Waals surface area contributed by atoms with E-state index in [2.05, 4.69) is 14.9 Å². The minimum absolute atomic E-state index is 0.0827. The normalized spacial score (nSPS) is 11.3. The second kappa shape index (κ2) is 8.59. The Morgan fingerprint density at radius 3 is 2.54 bits per heavy atom. The second-order valence-electron chi connectivity index (χ2n) is 5.17. The molecule has 0 saturated heterocycles. The van der Waals surface area contributed by atoms with E-state index in [9.17, 15) is 18.0 Å². The molecule has 0 saturated carbocycles. The van der Waals surface area contributed by atoms with Gasteiger partial charge in [-0.2, -0.15) is 9.40 Å². The molecule has 10 heteroatoms. The van der Waals surface area contributed by atoms with E-state index in [1.165, 1.54) is 0 Å². The number of nitrogens with one attached hydrogen (secondary N) is 1. The van der Waals surface area contributed by atoms with Gasteiger partial charge < -0.3 is 9.47 Å². The molecule has 0 spiro atoms. The lowest BCUT2D eigenvalue weighted by Gasteiger charge is -2.20. The van der Waals surface area contributed by atoms with Crippen LogP contribution in [0, 0.1) is 0 Å². The minimum atomic E-state index is -4.24. The SMILES string of the molecule is CCOC(=O)c1cn[nH]c1S(=O)(=O)N(CC(=O)OC)Cc1ccccc1. The number of aromatic amines is 1. The van der Waals surface area contributed by atoms with Crippen LogP contribution in [0.15, 0.2) is 41.6 Å². The van der Waals surface area contributed by atoms with Crippen LogP contribution in [0.4, 0.5) is 0 Å². The number of methoxy groups -OCH3 is 1. The van der Waals surface area contributed by atoms with Gasteiger partial charge in [0.2, 0.25) is 0 Å². The Bertz CT molecular complexity index is 863. The van der Waals surface area contributed by atoms with Gasteiger partial charge in [0.1, 0.15) is 12.1 Å². The van der Waals surface area contributed by atoms with Gasteiger partial charge in [0.25, 0.3) is 10.0 Å². The average molecular weight is 381 g/mol. The van der Waals surface area contributed by atoms with E-state index >= 15 is 0 Å². The molecule has 26 heavy (non-hydrogen) atoms. The smallest absolute Gasteiger partial charge is 0.342 e. The van der Waals surface area contributed by atoms with Gasteiger partial charge in [0.05, 0.1) is 19.9 Å². The van der Waals surface area contributed by atoms with Crippen molar-refractivity contribution >= 4 is 22.0 Å². The summed E-state index contributed by atoms with van der Waals surface area (Å²) in [4.78, 5) is 23.7. The summed E-state index contributed by atoms with van der Waals surface area (Å²) in [6.45, 7) is 1.08. The summed E-state index contributed by atoms with van der Waals surface area (Å²) in [6, 6.07) is 8.73. The van der Waals surface area contributed by atoms with Crippen LogP contribution in [0.2, 0.25) is 0 Å². The van der Waals surface area contributed by atoms with Crippen LogP contribution in [0.5, 0.6) is 0 Å². The fraction of sp³-hybridized carbons (Fsp3) is 0.312. The third-order valence-electron chi connectivity index (χ3n) is 3.43. The zero-order valence-corrected chi connectivity index (χ0v) is 15.2. The van der Waals surface area contributed by atoms with Crippen LogP contribution in [-0.4, -0.2) is 55.1 Å². The molecule has 0 atom stereocenters. The van der Waals surface area contributed by atoms with Crippen molar-refractivity contribution in [2.24, 2.45) is 0 Å². The molecule has 0 aliphatic heterocycles.